The standard InChI is InChI=1S/C18H25N5O2/c1-25-10-4-9-23-13-21-22-17(23)12-20-18(24)16-6-3-2-5-15(16)14-7-8-19-11-14/h2-3,5-6,13-14,19H,4,7-12H2,1H3,(H,20,24)/t14-/m1/s1. The van der Waals surface area contributed by atoms with Crippen LogP contribution in [-0.4, -0.2) is 47.5 Å². The molecule has 2 heterocycles. The topological polar surface area (TPSA) is 81.1 Å². The summed E-state index contributed by atoms with van der Waals surface area (Å²) in [5, 5.41) is 14.4. The average molecular weight is 343 g/mol. The highest BCUT2D eigenvalue weighted by molar-refractivity contribution is 5.95. The number of amides is 1. The molecule has 1 atom stereocenters. The Morgan fingerprint density at radius 3 is 3.12 bits per heavy atom. The molecule has 134 valence electrons. The van der Waals surface area contributed by atoms with E-state index in [1.54, 1.807) is 13.4 Å². The van der Waals surface area contributed by atoms with E-state index in [9.17, 15) is 4.79 Å². The van der Waals surface area contributed by atoms with Crippen molar-refractivity contribution in [1.29, 1.82) is 0 Å². The minimum atomic E-state index is -0.0612. The van der Waals surface area contributed by atoms with Crippen molar-refractivity contribution in [3.63, 3.8) is 0 Å². The molecule has 1 aliphatic heterocycles. The number of hydrogen-bond donors (Lipinski definition) is 2. The van der Waals surface area contributed by atoms with Gasteiger partial charge in [-0.25, -0.2) is 0 Å². The van der Waals surface area contributed by atoms with E-state index in [0.717, 1.165) is 49.4 Å². The number of nitrogens with one attached hydrogen (secondary N) is 2. The third-order valence-corrected chi connectivity index (χ3v) is 4.56. The Morgan fingerprint density at radius 2 is 2.32 bits per heavy atom. The fourth-order valence-electron chi connectivity index (χ4n) is 3.22. The third-order valence-electron chi connectivity index (χ3n) is 4.56. The van der Waals surface area contributed by atoms with Crippen LogP contribution < -0.4 is 10.6 Å². The van der Waals surface area contributed by atoms with Crippen LogP contribution in [0.5, 0.6) is 0 Å². The normalized spacial score (nSPS) is 16.9. The number of benzene rings is 1. The molecule has 1 aliphatic rings. The van der Waals surface area contributed by atoms with Crippen molar-refractivity contribution in [2.45, 2.75) is 31.8 Å². The molecule has 25 heavy (non-hydrogen) atoms. The summed E-state index contributed by atoms with van der Waals surface area (Å²) >= 11 is 0. The van der Waals surface area contributed by atoms with Crippen LogP contribution in [0.2, 0.25) is 0 Å². The van der Waals surface area contributed by atoms with Crippen molar-refractivity contribution in [1.82, 2.24) is 25.4 Å². The number of ether oxygens (including phenoxy) is 1. The molecule has 1 fully saturated rings. The van der Waals surface area contributed by atoms with Crippen LogP contribution in [0.1, 0.15) is 40.5 Å². The van der Waals surface area contributed by atoms with Gasteiger partial charge in [-0.05, 0) is 36.9 Å². The Morgan fingerprint density at radius 1 is 1.44 bits per heavy atom. The lowest BCUT2D eigenvalue weighted by molar-refractivity contribution is 0.0948. The van der Waals surface area contributed by atoms with Crippen molar-refractivity contribution in [2.24, 2.45) is 0 Å². The first-order chi connectivity index (χ1) is 12.3. The first-order valence-electron chi connectivity index (χ1n) is 8.73. The lowest BCUT2D eigenvalue weighted by atomic mass is 9.93. The maximum absolute atomic E-state index is 12.7. The van der Waals surface area contributed by atoms with E-state index in [0.29, 0.717) is 19.1 Å². The number of aromatic nitrogens is 3. The maximum Gasteiger partial charge on any atom is 0.251 e. The van der Waals surface area contributed by atoms with Crippen LogP contribution >= 0.6 is 0 Å². The van der Waals surface area contributed by atoms with Gasteiger partial charge in [-0.1, -0.05) is 18.2 Å². The highest BCUT2D eigenvalue weighted by atomic mass is 16.5. The Hall–Kier alpha value is -2.25. The van der Waals surface area contributed by atoms with E-state index in [-0.39, 0.29) is 5.91 Å². The molecular weight excluding hydrogens is 318 g/mol. The summed E-state index contributed by atoms with van der Waals surface area (Å²) in [7, 11) is 1.69. The molecule has 7 nitrogen and oxygen atoms in total. The van der Waals surface area contributed by atoms with E-state index < -0.39 is 0 Å². The average Bonchev–Trinajstić information content (AvgIpc) is 3.32. The Labute approximate surface area is 147 Å². The summed E-state index contributed by atoms with van der Waals surface area (Å²) in [5.74, 6) is 1.10. The minimum absolute atomic E-state index is 0.0612. The molecule has 1 saturated heterocycles. The van der Waals surface area contributed by atoms with E-state index in [1.807, 2.05) is 22.8 Å². The molecule has 0 unspecified atom stereocenters. The number of carbonyl (C=O) groups excluding carboxylic acids is 1. The van der Waals surface area contributed by atoms with Gasteiger partial charge in [0.1, 0.15) is 6.33 Å². The van der Waals surface area contributed by atoms with Crippen LogP contribution in [0.15, 0.2) is 30.6 Å². The third kappa shape index (κ3) is 4.43. The molecule has 0 spiro atoms. The van der Waals surface area contributed by atoms with Crippen molar-refractivity contribution < 1.29 is 9.53 Å². The number of aryl methyl sites for hydroxylation is 1. The highest BCUT2D eigenvalue weighted by Gasteiger charge is 2.22. The smallest absolute Gasteiger partial charge is 0.251 e. The van der Waals surface area contributed by atoms with Crippen molar-refractivity contribution in [2.75, 3.05) is 26.8 Å². The molecule has 1 amide bonds. The number of carbonyl (C=O) groups is 1. The van der Waals surface area contributed by atoms with Gasteiger partial charge in [0.15, 0.2) is 5.82 Å². The van der Waals surface area contributed by atoms with Crippen LogP contribution in [0, 0.1) is 0 Å². The van der Waals surface area contributed by atoms with E-state index in [2.05, 4.69) is 26.9 Å². The Balaban J connectivity index is 1.63. The van der Waals surface area contributed by atoms with Gasteiger partial charge in [-0.15, -0.1) is 10.2 Å². The SMILES string of the molecule is COCCCn1cnnc1CNC(=O)c1ccccc1[C@@H]1CCNC1. The van der Waals surface area contributed by atoms with E-state index in [1.165, 1.54) is 0 Å². The summed E-state index contributed by atoms with van der Waals surface area (Å²) in [6.45, 7) is 3.76. The molecule has 2 aromatic rings. The summed E-state index contributed by atoms with van der Waals surface area (Å²) in [4.78, 5) is 12.7. The monoisotopic (exact) mass is 343 g/mol. The van der Waals surface area contributed by atoms with Gasteiger partial charge in [0.2, 0.25) is 0 Å². The predicted octanol–water partition coefficient (Wildman–Crippen LogP) is 1.32. The quantitative estimate of drug-likeness (QED) is 0.707. The van der Waals surface area contributed by atoms with Gasteiger partial charge in [0.25, 0.3) is 5.91 Å². The molecular formula is C18H25N5O2. The first kappa shape index (κ1) is 17.6. The number of hydrogen-bond acceptors (Lipinski definition) is 5. The van der Waals surface area contributed by atoms with Crippen LogP contribution in [-0.2, 0) is 17.8 Å². The molecule has 1 aromatic heterocycles. The zero-order chi connectivity index (χ0) is 17.5. The van der Waals surface area contributed by atoms with Crippen LogP contribution in [0.25, 0.3) is 0 Å². The first-order valence-corrected chi connectivity index (χ1v) is 8.73. The molecule has 0 saturated carbocycles. The largest absolute Gasteiger partial charge is 0.385 e. The fraction of sp³-hybridized carbons (Fsp3) is 0.500. The lowest BCUT2D eigenvalue weighted by Gasteiger charge is -2.14. The molecule has 0 aliphatic carbocycles. The fourth-order valence-corrected chi connectivity index (χ4v) is 3.22. The zero-order valence-corrected chi connectivity index (χ0v) is 14.6. The highest BCUT2D eigenvalue weighted by Crippen LogP contribution is 2.25. The van der Waals surface area contributed by atoms with Gasteiger partial charge in [-0.3, -0.25) is 4.79 Å². The van der Waals surface area contributed by atoms with Crippen LogP contribution in [0.4, 0.5) is 0 Å². The lowest BCUT2D eigenvalue weighted by Crippen LogP contribution is -2.26. The predicted molar refractivity (Wildman–Crippen MR) is 94.4 cm³/mol. The van der Waals surface area contributed by atoms with Gasteiger partial charge < -0.3 is 19.9 Å². The minimum Gasteiger partial charge on any atom is -0.385 e. The van der Waals surface area contributed by atoms with E-state index in [4.69, 9.17) is 4.74 Å². The van der Waals surface area contributed by atoms with E-state index >= 15 is 0 Å². The van der Waals surface area contributed by atoms with Crippen molar-refractivity contribution in [3.05, 3.63) is 47.5 Å². The van der Waals surface area contributed by atoms with Gasteiger partial charge >= 0.3 is 0 Å². The second kappa shape index (κ2) is 8.73. The second-order valence-corrected chi connectivity index (χ2v) is 6.25. The van der Waals surface area contributed by atoms with Gasteiger partial charge in [-0.2, -0.15) is 0 Å². The Kier molecular flexibility index (Phi) is 6.14. The summed E-state index contributed by atoms with van der Waals surface area (Å²) in [5.41, 5.74) is 1.87. The zero-order valence-electron chi connectivity index (χ0n) is 14.6. The molecule has 2 N–H and O–H groups in total. The number of methoxy groups -OCH3 is 1. The number of rotatable bonds is 8. The summed E-state index contributed by atoms with van der Waals surface area (Å²) in [6.07, 6.45) is 3.64. The Bertz CT molecular complexity index is 694. The summed E-state index contributed by atoms with van der Waals surface area (Å²) in [6, 6.07) is 7.86. The van der Waals surface area contributed by atoms with Crippen molar-refractivity contribution in [3.8, 4) is 0 Å². The van der Waals surface area contributed by atoms with Crippen LogP contribution in [0.3, 0.4) is 0 Å². The molecule has 3 rings (SSSR count). The number of nitrogens with zero attached hydrogens (tertiary/aromatic N) is 3. The van der Waals surface area contributed by atoms with Crippen molar-refractivity contribution >= 4 is 5.91 Å². The molecule has 0 bridgehead atoms. The molecule has 7 heteroatoms. The van der Waals surface area contributed by atoms with Gasteiger partial charge in [0, 0.05) is 32.4 Å². The molecule has 1 aromatic carbocycles. The second-order valence-electron chi connectivity index (χ2n) is 6.25. The maximum atomic E-state index is 12.7. The summed E-state index contributed by atoms with van der Waals surface area (Å²) < 4.78 is 7.02. The van der Waals surface area contributed by atoms with Gasteiger partial charge in [0.05, 0.1) is 6.54 Å². The molecule has 0 radical (unpaired) electrons.